The maximum atomic E-state index is 12.3. The van der Waals surface area contributed by atoms with E-state index in [0.29, 0.717) is 22.4 Å². The van der Waals surface area contributed by atoms with E-state index in [1.807, 2.05) is 6.92 Å². The molecule has 28 heavy (non-hydrogen) atoms. The molecule has 0 spiro atoms. The normalized spacial score (nSPS) is 11.2. The van der Waals surface area contributed by atoms with Crippen molar-refractivity contribution in [2.24, 2.45) is 0 Å². The van der Waals surface area contributed by atoms with Crippen molar-refractivity contribution in [2.45, 2.75) is 11.8 Å². The summed E-state index contributed by atoms with van der Waals surface area (Å²) >= 11 is 7.13. The second-order valence-corrected chi connectivity index (χ2v) is 8.49. The Morgan fingerprint density at radius 3 is 2.46 bits per heavy atom. The maximum Gasteiger partial charge on any atom is 0.285 e. The number of nitrogens with one attached hydrogen (secondary N) is 2. The average Bonchev–Trinajstić information content (AvgIpc) is 3.18. The van der Waals surface area contributed by atoms with E-state index in [-0.39, 0.29) is 10.6 Å². The minimum atomic E-state index is -3.92. The number of carbonyl (C=O) groups excluding carboxylic acids is 1. The molecule has 0 aliphatic carbocycles. The standard InChI is InChI=1S/C18H16ClN3O4S2/c1-2-26-14-7-9-15(10-8-14)28(24,25)22-21-17(23)16-11-27-18(20-16)12-3-5-13(19)6-4-12/h3-11,22H,2H2,1H3,(H,21,23). The first kappa shape index (κ1) is 20.3. The van der Waals surface area contributed by atoms with Crippen molar-refractivity contribution in [3.05, 3.63) is 64.6 Å². The van der Waals surface area contributed by atoms with E-state index in [2.05, 4.69) is 15.2 Å². The SMILES string of the molecule is CCOc1ccc(S(=O)(=O)NNC(=O)c2csc(-c3ccc(Cl)cc3)n2)cc1. The molecule has 0 unspecified atom stereocenters. The van der Waals surface area contributed by atoms with Gasteiger partial charge in [-0.3, -0.25) is 10.2 Å². The first-order chi connectivity index (χ1) is 13.4. The molecule has 0 aliphatic heterocycles. The van der Waals surface area contributed by atoms with Crippen molar-refractivity contribution in [1.82, 2.24) is 15.2 Å². The maximum absolute atomic E-state index is 12.3. The van der Waals surface area contributed by atoms with Gasteiger partial charge in [0.2, 0.25) is 0 Å². The number of halogens is 1. The highest BCUT2D eigenvalue weighted by molar-refractivity contribution is 7.89. The Kier molecular flexibility index (Phi) is 6.30. The quantitative estimate of drug-likeness (QED) is 0.551. The smallest absolute Gasteiger partial charge is 0.285 e. The summed E-state index contributed by atoms with van der Waals surface area (Å²) in [6, 6.07) is 12.9. The molecule has 7 nitrogen and oxygen atoms in total. The molecule has 0 fully saturated rings. The van der Waals surface area contributed by atoms with Crippen LogP contribution in [0.3, 0.4) is 0 Å². The lowest BCUT2D eigenvalue weighted by Crippen LogP contribution is -2.41. The molecule has 0 aliphatic rings. The van der Waals surface area contributed by atoms with Crippen LogP contribution in [0, 0.1) is 0 Å². The van der Waals surface area contributed by atoms with Crippen LogP contribution in [-0.4, -0.2) is 25.9 Å². The van der Waals surface area contributed by atoms with E-state index >= 15 is 0 Å². The predicted molar refractivity (Wildman–Crippen MR) is 108 cm³/mol. The van der Waals surface area contributed by atoms with Gasteiger partial charge in [0.25, 0.3) is 15.9 Å². The summed E-state index contributed by atoms with van der Waals surface area (Å²) in [4.78, 5) is 18.5. The third-order valence-electron chi connectivity index (χ3n) is 3.57. The molecule has 0 bridgehead atoms. The first-order valence-electron chi connectivity index (χ1n) is 8.15. The van der Waals surface area contributed by atoms with Gasteiger partial charge >= 0.3 is 0 Å². The van der Waals surface area contributed by atoms with Crippen LogP contribution in [0.2, 0.25) is 5.02 Å². The second-order valence-electron chi connectivity index (χ2n) is 5.51. The largest absolute Gasteiger partial charge is 0.494 e. The van der Waals surface area contributed by atoms with Crippen LogP contribution in [0.4, 0.5) is 0 Å². The molecule has 3 rings (SSSR count). The third kappa shape index (κ3) is 4.87. The monoisotopic (exact) mass is 437 g/mol. The summed E-state index contributed by atoms with van der Waals surface area (Å²) in [7, 11) is -3.92. The molecule has 1 aromatic heterocycles. The number of carbonyl (C=O) groups is 1. The molecule has 3 aromatic rings. The Bertz CT molecular complexity index is 1060. The highest BCUT2D eigenvalue weighted by Crippen LogP contribution is 2.25. The van der Waals surface area contributed by atoms with E-state index in [4.69, 9.17) is 16.3 Å². The van der Waals surface area contributed by atoms with Gasteiger partial charge in [-0.25, -0.2) is 13.4 Å². The third-order valence-corrected chi connectivity index (χ3v) is 5.98. The molecule has 2 N–H and O–H groups in total. The first-order valence-corrected chi connectivity index (χ1v) is 10.9. The molecule has 10 heteroatoms. The van der Waals surface area contributed by atoms with Gasteiger partial charge in [0.15, 0.2) is 0 Å². The topological polar surface area (TPSA) is 97.4 Å². The zero-order chi connectivity index (χ0) is 20.1. The Morgan fingerprint density at radius 2 is 1.82 bits per heavy atom. The number of nitrogens with zero attached hydrogens (tertiary/aromatic N) is 1. The summed E-state index contributed by atoms with van der Waals surface area (Å²) < 4.78 is 29.9. The van der Waals surface area contributed by atoms with Gasteiger partial charge in [-0.15, -0.1) is 16.2 Å². The van der Waals surface area contributed by atoms with Gasteiger partial charge in [0, 0.05) is 16.0 Å². The van der Waals surface area contributed by atoms with E-state index in [1.165, 1.54) is 23.5 Å². The lowest BCUT2D eigenvalue weighted by Gasteiger charge is -2.08. The number of hydrazine groups is 1. The molecular weight excluding hydrogens is 422 g/mol. The molecule has 0 radical (unpaired) electrons. The van der Waals surface area contributed by atoms with E-state index in [0.717, 1.165) is 5.56 Å². The number of benzene rings is 2. The van der Waals surface area contributed by atoms with Gasteiger partial charge in [-0.2, -0.15) is 0 Å². The average molecular weight is 438 g/mol. The highest BCUT2D eigenvalue weighted by Gasteiger charge is 2.17. The fourth-order valence-corrected chi connectivity index (χ4v) is 3.99. The van der Waals surface area contributed by atoms with Gasteiger partial charge in [0.1, 0.15) is 16.5 Å². The van der Waals surface area contributed by atoms with Crippen molar-refractivity contribution in [3.8, 4) is 16.3 Å². The molecule has 0 saturated carbocycles. The second kappa shape index (κ2) is 8.70. The van der Waals surface area contributed by atoms with Gasteiger partial charge < -0.3 is 4.74 Å². The summed E-state index contributed by atoms with van der Waals surface area (Å²) in [5.41, 5.74) is 3.08. The minimum absolute atomic E-state index is 0.00335. The van der Waals surface area contributed by atoms with Crippen molar-refractivity contribution >= 4 is 38.9 Å². The summed E-state index contributed by atoms with van der Waals surface area (Å²) in [5.74, 6) is -0.103. The summed E-state index contributed by atoms with van der Waals surface area (Å²) in [6.07, 6.45) is 0. The minimum Gasteiger partial charge on any atom is -0.494 e. The number of aromatic nitrogens is 1. The van der Waals surface area contributed by atoms with Gasteiger partial charge in [0.05, 0.1) is 11.5 Å². The molecular formula is C18H16ClN3O4S2. The zero-order valence-electron chi connectivity index (χ0n) is 14.7. The molecule has 146 valence electrons. The highest BCUT2D eigenvalue weighted by atomic mass is 35.5. The molecule has 0 atom stereocenters. The van der Waals surface area contributed by atoms with Crippen molar-refractivity contribution in [1.29, 1.82) is 0 Å². The van der Waals surface area contributed by atoms with Crippen LogP contribution >= 0.6 is 22.9 Å². The number of ether oxygens (including phenoxy) is 1. The van der Waals surface area contributed by atoms with Crippen LogP contribution < -0.4 is 15.0 Å². The van der Waals surface area contributed by atoms with Crippen LogP contribution in [0.15, 0.2) is 58.8 Å². The number of thiazole rings is 1. The predicted octanol–water partition coefficient (Wildman–Crippen LogP) is 3.49. The Morgan fingerprint density at radius 1 is 1.14 bits per heavy atom. The number of hydrogen-bond acceptors (Lipinski definition) is 6. The van der Waals surface area contributed by atoms with Crippen LogP contribution in [-0.2, 0) is 10.0 Å². The van der Waals surface area contributed by atoms with Crippen molar-refractivity contribution < 1.29 is 17.9 Å². The zero-order valence-corrected chi connectivity index (χ0v) is 17.1. The van der Waals surface area contributed by atoms with Crippen molar-refractivity contribution in [3.63, 3.8) is 0 Å². The fraction of sp³-hybridized carbons (Fsp3) is 0.111. The molecule has 2 aromatic carbocycles. The van der Waals surface area contributed by atoms with Crippen LogP contribution in [0.1, 0.15) is 17.4 Å². The van der Waals surface area contributed by atoms with Crippen LogP contribution in [0.25, 0.3) is 10.6 Å². The number of rotatable bonds is 7. The Labute approximate surface area is 171 Å². The van der Waals surface area contributed by atoms with Gasteiger partial charge in [-0.1, -0.05) is 23.7 Å². The number of amides is 1. The number of sulfonamides is 1. The molecule has 0 saturated heterocycles. The number of hydrogen-bond donors (Lipinski definition) is 2. The van der Waals surface area contributed by atoms with E-state index in [9.17, 15) is 13.2 Å². The Hall–Kier alpha value is -2.46. The lowest BCUT2D eigenvalue weighted by molar-refractivity contribution is 0.0941. The molecule has 1 amide bonds. The van der Waals surface area contributed by atoms with E-state index < -0.39 is 15.9 Å². The summed E-state index contributed by atoms with van der Waals surface area (Å²) in [6.45, 7) is 2.31. The lowest BCUT2D eigenvalue weighted by atomic mass is 10.2. The summed E-state index contributed by atoms with van der Waals surface area (Å²) in [5, 5.41) is 2.77. The molecule has 1 heterocycles. The van der Waals surface area contributed by atoms with Crippen molar-refractivity contribution in [2.75, 3.05) is 6.61 Å². The van der Waals surface area contributed by atoms with Gasteiger partial charge in [-0.05, 0) is 43.3 Å². The fourth-order valence-electron chi connectivity index (χ4n) is 2.22. The Balaban J connectivity index is 1.65. The van der Waals surface area contributed by atoms with E-state index in [1.54, 1.807) is 41.8 Å². The van der Waals surface area contributed by atoms with Crippen LogP contribution in [0.5, 0.6) is 5.75 Å².